The second-order valence-electron chi connectivity index (χ2n) is 6.14. The summed E-state index contributed by atoms with van der Waals surface area (Å²) in [5.74, 6) is 2.85. The molecule has 24 heavy (non-hydrogen) atoms. The number of nitrogens with one attached hydrogen (secondary N) is 1. The molecule has 3 heterocycles. The molecule has 1 saturated heterocycles. The van der Waals surface area contributed by atoms with E-state index in [0.717, 1.165) is 18.1 Å². The monoisotopic (exact) mass is 350 g/mol. The molecular formula is C15H19ClN6O2. The Labute approximate surface area is 144 Å². The second kappa shape index (κ2) is 6.18. The normalized spacial score (nSPS) is 23.7. The highest BCUT2D eigenvalue weighted by Gasteiger charge is 2.38. The van der Waals surface area contributed by atoms with Gasteiger partial charge in [-0.1, -0.05) is 11.6 Å². The van der Waals surface area contributed by atoms with Crippen LogP contribution < -0.4 is 9.64 Å². The number of ether oxygens (including phenoxy) is 2. The molecule has 9 heteroatoms. The highest BCUT2D eigenvalue weighted by Crippen LogP contribution is 2.41. The van der Waals surface area contributed by atoms with Crippen molar-refractivity contribution < 1.29 is 9.47 Å². The minimum Gasteiger partial charge on any atom is -0.467 e. The molecule has 1 aliphatic carbocycles. The molecule has 4 rings (SSSR count). The van der Waals surface area contributed by atoms with Crippen LogP contribution in [0.5, 0.6) is 6.01 Å². The SMILES string of the molecule is COc1ncc(Cl)c(N2C[C@H](OC)C[C@H]2c2nc(C3CC3)n[nH]2)n1. The summed E-state index contributed by atoms with van der Waals surface area (Å²) in [5.41, 5.74) is 0. The molecule has 0 amide bonds. The fourth-order valence-electron chi connectivity index (χ4n) is 3.06. The number of methoxy groups -OCH3 is 2. The van der Waals surface area contributed by atoms with E-state index in [1.807, 2.05) is 0 Å². The zero-order chi connectivity index (χ0) is 16.7. The van der Waals surface area contributed by atoms with Gasteiger partial charge in [-0.2, -0.15) is 10.1 Å². The number of hydrogen-bond donors (Lipinski definition) is 1. The zero-order valence-corrected chi connectivity index (χ0v) is 14.3. The van der Waals surface area contributed by atoms with E-state index in [1.54, 1.807) is 13.3 Å². The lowest BCUT2D eigenvalue weighted by molar-refractivity contribution is 0.118. The Hall–Kier alpha value is -1.93. The van der Waals surface area contributed by atoms with Crippen molar-refractivity contribution in [2.75, 3.05) is 25.7 Å². The van der Waals surface area contributed by atoms with Crippen molar-refractivity contribution >= 4 is 17.4 Å². The van der Waals surface area contributed by atoms with Crippen LogP contribution in [0.15, 0.2) is 6.20 Å². The van der Waals surface area contributed by atoms with Crippen LogP contribution in [0.1, 0.15) is 42.9 Å². The van der Waals surface area contributed by atoms with E-state index in [9.17, 15) is 0 Å². The predicted octanol–water partition coefficient (Wildman–Crippen LogP) is 2.10. The minimum atomic E-state index is -0.0212. The Balaban J connectivity index is 1.68. The summed E-state index contributed by atoms with van der Waals surface area (Å²) < 4.78 is 10.7. The molecule has 0 aromatic carbocycles. The standard InChI is InChI=1S/C15H19ClN6O2/c1-23-9-5-11(13-18-12(20-21-13)8-3-4-8)22(7-9)14-10(16)6-17-15(19-14)24-2/h6,8-9,11H,3-5,7H2,1-2H3,(H,18,20,21)/t9-,11+/m1/s1. The van der Waals surface area contributed by atoms with Gasteiger partial charge in [-0.15, -0.1) is 0 Å². The maximum atomic E-state index is 6.33. The predicted molar refractivity (Wildman–Crippen MR) is 87.5 cm³/mol. The summed E-state index contributed by atoms with van der Waals surface area (Å²) in [6.45, 7) is 0.667. The van der Waals surface area contributed by atoms with Crippen molar-refractivity contribution in [1.29, 1.82) is 0 Å². The maximum absolute atomic E-state index is 6.33. The summed E-state index contributed by atoms with van der Waals surface area (Å²) in [5, 5.41) is 7.92. The van der Waals surface area contributed by atoms with Gasteiger partial charge in [-0.25, -0.2) is 9.97 Å². The quantitative estimate of drug-likeness (QED) is 0.883. The molecule has 0 spiro atoms. The summed E-state index contributed by atoms with van der Waals surface area (Å²) in [7, 11) is 3.24. The van der Waals surface area contributed by atoms with Crippen LogP contribution in [0.4, 0.5) is 5.82 Å². The molecule has 2 fully saturated rings. The number of hydrogen-bond acceptors (Lipinski definition) is 7. The van der Waals surface area contributed by atoms with Crippen molar-refractivity contribution in [2.45, 2.75) is 37.3 Å². The third-order valence-electron chi connectivity index (χ3n) is 4.53. The molecule has 0 bridgehead atoms. The molecule has 0 unspecified atom stereocenters. The number of anilines is 1. The molecule has 2 aromatic rings. The highest BCUT2D eigenvalue weighted by molar-refractivity contribution is 6.32. The van der Waals surface area contributed by atoms with E-state index in [2.05, 4.69) is 30.0 Å². The number of nitrogens with zero attached hydrogens (tertiary/aromatic N) is 5. The van der Waals surface area contributed by atoms with E-state index < -0.39 is 0 Å². The number of halogens is 1. The van der Waals surface area contributed by atoms with Crippen LogP contribution in [-0.4, -0.2) is 52.0 Å². The lowest BCUT2D eigenvalue weighted by atomic mass is 10.2. The van der Waals surface area contributed by atoms with Gasteiger partial charge in [-0.05, 0) is 12.8 Å². The van der Waals surface area contributed by atoms with Crippen LogP contribution in [0.25, 0.3) is 0 Å². The molecule has 1 aliphatic heterocycles. The molecule has 2 aromatic heterocycles. The van der Waals surface area contributed by atoms with Crippen molar-refractivity contribution in [1.82, 2.24) is 25.1 Å². The second-order valence-corrected chi connectivity index (χ2v) is 6.55. The molecule has 0 radical (unpaired) electrons. The average molecular weight is 351 g/mol. The summed E-state index contributed by atoms with van der Waals surface area (Å²) in [4.78, 5) is 15.2. The molecule has 2 atom stereocenters. The van der Waals surface area contributed by atoms with Crippen molar-refractivity contribution in [3.05, 3.63) is 22.9 Å². The smallest absolute Gasteiger partial charge is 0.318 e. The third kappa shape index (κ3) is 2.80. The largest absolute Gasteiger partial charge is 0.467 e. The Morgan fingerprint density at radius 1 is 1.29 bits per heavy atom. The van der Waals surface area contributed by atoms with E-state index in [4.69, 9.17) is 21.1 Å². The van der Waals surface area contributed by atoms with Crippen molar-refractivity contribution in [2.24, 2.45) is 0 Å². The van der Waals surface area contributed by atoms with Gasteiger partial charge < -0.3 is 14.4 Å². The molecule has 2 aliphatic rings. The van der Waals surface area contributed by atoms with Gasteiger partial charge in [0.25, 0.3) is 0 Å². The zero-order valence-electron chi connectivity index (χ0n) is 13.6. The summed E-state index contributed by atoms with van der Waals surface area (Å²) >= 11 is 6.33. The Bertz CT molecular complexity index is 735. The fourth-order valence-corrected chi connectivity index (χ4v) is 3.26. The fraction of sp³-hybridized carbons (Fsp3) is 0.600. The molecule has 128 valence electrons. The first-order valence-corrected chi connectivity index (χ1v) is 8.35. The van der Waals surface area contributed by atoms with Gasteiger partial charge in [-0.3, -0.25) is 5.10 Å². The first-order valence-electron chi connectivity index (χ1n) is 7.97. The molecular weight excluding hydrogens is 332 g/mol. The molecule has 1 N–H and O–H groups in total. The van der Waals surface area contributed by atoms with Crippen LogP contribution in [0.2, 0.25) is 5.02 Å². The van der Waals surface area contributed by atoms with Gasteiger partial charge in [0.2, 0.25) is 0 Å². The van der Waals surface area contributed by atoms with Gasteiger partial charge >= 0.3 is 6.01 Å². The number of rotatable bonds is 5. The Morgan fingerprint density at radius 2 is 2.12 bits per heavy atom. The first kappa shape index (κ1) is 15.6. The van der Waals surface area contributed by atoms with E-state index in [0.29, 0.717) is 23.3 Å². The lowest BCUT2D eigenvalue weighted by Crippen LogP contribution is -2.27. The Morgan fingerprint density at radius 3 is 2.83 bits per heavy atom. The Kier molecular flexibility index (Phi) is 4.01. The van der Waals surface area contributed by atoms with E-state index in [1.165, 1.54) is 20.0 Å². The third-order valence-corrected chi connectivity index (χ3v) is 4.80. The summed E-state index contributed by atoms with van der Waals surface area (Å²) in [6.07, 6.45) is 4.75. The average Bonchev–Trinajstić information content (AvgIpc) is 3.18. The van der Waals surface area contributed by atoms with Gasteiger partial charge in [0.1, 0.15) is 10.8 Å². The first-order chi connectivity index (χ1) is 11.7. The highest BCUT2D eigenvalue weighted by atomic mass is 35.5. The molecule has 8 nitrogen and oxygen atoms in total. The van der Waals surface area contributed by atoms with Gasteiger partial charge in [0, 0.05) is 26.0 Å². The topological polar surface area (TPSA) is 89.0 Å². The van der Waals surface area contributed by atoms with Crippen LogP contribution in [0.3, 0.4) is 0 Å². The van der Waals surface area contributed by atoms with Gasteiger partial charge in [0.15, 0.2) is 11.6 Å². The van der Waals surface area contributed by atoms with Crippen LogP contribution in [-0.2, 0) is 4.74 Å². The van der Waals surface area contributed by atoms with Crippen molar-refractivity contribution in [3.63, 3.8) is 0 Å². The van der Waals surface area contributed by atoms with Gasteiger partial charge in [0.05, 0.1) is 25.5 Å². The number of aromatic nitrogens is 5. The van der Waals surface area contributed by atoms with Crippen LogP contribution in [0, 0.1) is 0 Å². The molecule has 1 saturated carbocycles. The van der Waals surface area contributed by atoms with E-state index in [-0.39, 0.29) is 18.2 Å². The lowest BCUT2D eigenvalue weighted by Gasteiger charge is -2.24. The minimum absolute atomic E-state index is 0.0212. The van der Waals surface area contributed by atoms with Crippen molar-refractivity contribution in [3.8, 4) is 6.01 Å². The van der Waals surface area contributed by atoms with E-state index >= 15 is 0 Å². The van der Waals surface area contributed by atoms with Crippen LogP contribution >= 0.6 is 11.6 Å². The number of aromatic amines is 1. The number of H-pyrrole nitrogens is 1. The summed E-state index contributed by atoms with van der Waals surface area (Å²) in [6, 6.07) is 0.261. The maximum Gasteiger partial charge on any atom is 0.318 e.